The summed E-state index contributed by atoms with van der Waals surface area (Å²) in [6.07, 6.45) is 0. The maximum Gasteiger partial charge on any atom is 0.258 e. The Morgan fingerprint density at radius 3 is 2.76 bits per heavy atom. The van der Waals surface area contributed by atoms with Crippen molar-refractivity contribution in [2.75, 3.05) is 53.6 Å². The number of rotatable bonds is 7. The van der Waals surface area contributed by atoms with Gasteiger partial charge in [0.1, 0.15) is 5.82 Å². The highest BCUT2D eigenvalue weighted by Gasteiger charge is 2.37. The van der Waals surface area contributed by atoms with E-state index in [1.165, 1.54) is 6.07 Å². The quantitative estimate of drug-likeness (QED) is 0.796. The van der Waals surface area contributed by atoms with E-state index in [9.17, 15) is 14.3 Å². The van der Waals surface area contributed by atoms with Crippen LogP contribution < -0.4 is 0 Å². The summed E-state index contributed by atoms with van der Waals surface area (Å²) < 4.78 is 19.2. The van der Waals surface area contributed by atoms with Gasteiger partial charge in [-0.1, -0.05) is 17.7 Å². The van der Waals surface area contributed by atoms with Gasteiger partial charge in [-0.25, -0.2) is 4.39 Å². The van der Waals surface area contributed by atoms with Gasteiger partial charge in [0.05, 0.1) is 17.2 Å². The van der Waals surface area contributed by atoms with Crippen molar-refractivity contribution in [3.8, 4) is 0 Å². The molecule has 0 spiro atoms. The van der Waals surface area contributed by atoms with E-state index >= 15 is 0 Å². The molecule has 1 aliphatic heterocycles. The lowest BCUT2D eigenvalue weighted by Gasteiger charge is -2.23. The number of aliphatic hydroxyl groups excluding tert-OH is 1. The predicted molar refractivity (Wildman–Crippen MR) is 95.5 cm³/mol. The summed E-state index contributed by atoms with van der Waals surface area (Å²) in [5, 5.41) is 9.83. The minimum absolute atomic E-state index is 0.00338. The number of ether oxygens (including phenoxy) is 1. The molecule has 0 aliphatic carbocycles. The maximum absolute atomic E-state index is 14.2. The molecule has 2 atom stereocenters. The van der Waals surface area contributed by atoms with Gasteiger partial charge in [-0.15, -0.1) is 0 Å². The van der Waals surface area contributed by atoms with Crippen molar-refractivity contribution < 1.29 is 19.0 Å². The summed E-state index contributed by atoms with van der Waals surface area (Å²) in [4.78, 5) is 16.5. The molecule has 0 saturated carbocycles. The molecule has 2 rings (SSSR count). The second kappa shape index (κ2) is 8.94. The normalized spacial score (nSPS) is 20.5. The molecule has 1 aromatic carbocycles. The molecule has 1 fully saturated rings. The van der Waals surface area contributed by atoms with E-state index in [0.29, 0.717) is 25.3 Å². The fourth-order valence-corrected chi connectivity index (χ4v) is 3.50. The van der Waals surface area contributed by atoms with Gasteiger partial charge in [0.15, 0.2) is 0 Å². The third kappa shape index (κ3) is 4.70. The Morgan fingerprint density at radius 2 is 2.12 bits per heavy atom. The highest BCUT2D eigenvalue weighted by Crippen LogP contribution is 2.29. The van der Waals surface area contributed by atoms with E-state index in [0.717, 1.165) is 13.1 Å². The van der Waals surface area contributed by atoms with Crippen molar-refractivity contribution in [3.05, 3.63) is 34.1 Å². The van der Waals surface area contributed by atoms with Crippen LogP contribution in [-0.2, 0) is 4.74 Å². The van der Waals surface area contributed by atoms with Gasteiger partial charge >= 0.3 is 0 Å². The second-order valence-electron chi connectivity index (χ2n) is 6.72. The molecule has 0 aromatic heterocycles. The van der Waals surface area contributed by atoms with Crippen LogP contribution in [0.4, 0.5) is 4.39 Å². The lowest BCUT2D eigenvalue weighted by molar-refractivity contribution is 0.0774. The van der Waals surface area contributed by atoms with Crippen LogP contribution in [0.5, 0.6) is 0 Å². The van der Waals surface area contributed by atoms with E-state index in [2.05, 4.69) is 4.90 Å². The first-order valence-corrected chi connectivity index (χ1v) is 8.79. The smallest absolute Gasteiger partial charge is 0.258 e. The number of benzene rings is 1. The van der Waals surface area contributed by atoms with Crippen LogP contribution in [0.1, 0.15) is 15.9 Å². The summed E-state index contributed by atoms with van der Waals surface area (Å²) in [6, 6.07) is 2.83. The Hall–Kier alpha value is -1.21. The summed E-state index contributed by atoms with van der Waals surface area (Å²) in [5.74, 6) is -0.920. The van der Waals surface area contributed by atoms with Gasteiger partial charge < -0.3 is 19.6 Å². The standard InChI is InChI=1S/C18H26ClFN2O3/c1-12-4-5-15(20)16(17(12)19)18(24)22-9-13(14(10-22)11-23)8-21(2)6-7-25-3/h4-5,13-14,23H,6-11H2,1-3H3/t13-,14-/m1/s1. The van der Waals surface area contributed by atoms with E-state index in [-0.39, 0.29) is 29.0 Å². The Morgan fingerprint density at radius 1 is 1.44 bits per heavy atom. The molecule has 1 saturated heterocycles. The van der Waals surface area contributed by atoms with Crippen LogP contribution in [0.15, 0.2) is 12.1 Å². The first kappa shape index (κ1) is 20.1. The molecule has 0 radical (unpaired) electrons. The van der Waals surface area contributed by atoms with Crippen LogP contribution in [0.3, 0.4) is 0 Å². The van der Waals surface area contributed by atoms with Crippen molar-refractivity contribution in [2.45, 2.75) is 6.92 Å². The van der Waals surface area contributed by atoms with Crippen LogP contribution in [-0.4, -0.2) is 74.4 Å². The van der Waals surface area contributed by atoms with Gasteiger partial charge in [0, 0.05) is 45.8 Å². The van der Waals surface area contributed by atoms with Gasteiger partial charge in [-0.05, 0) is 31.5 Å². The molecule has 140 valence electrons. The highest BCUT2D eigenvalue weighted by molar-refractivity contribution is 6.34. The van der Waals surface area contributed by atoms with Crippen molar-refractivity contribution >= 4 is 17.5 Å². The zero-order chi connectivity index (χ0) is 18.6. The first-order chi connectivity index (χ1) is 11.9. The lowest BCUT2D eigenvalue weighted by Crippen LogP contribution is -2.34. The van der Waals surface area contributed by atoms with E-state index in [4.69, 9.17) is 16.3 Å². The number of aryl methyl sites for hydroxylation is 1. The first-order valence-electron chi connectivity index (χ1n) is 8.41. The van der Waals surface area contributed by atoms with E-state index in [1.807, 2.05) is 7.05 Å². The molecule has 7 heteroatoms. The Bertz CT molecular complexity index is 614. The van der Waals surface area contributed by atoms with Crippen molar-refractivity contribution in [1.82, 2.24) is 9.80 Å². The maximum atomic E-state index is 14.2. The number of nitrogens with zero attached hydrogens (tertiary/aromatic N) is 2. The van der Waals surface area contributed by atoms with Gasteiger partial charge in [-0.2, -0.15) is 0 Å². The number of likely N-dealkylation sites (tertiary alicyclic amines) is 1. The topological polar surface area (TPSA) is 53.0 Å². The average molecular weight is 373 g/mol. The Balaban J connectivity index is 2.11. The summed E-state index contributed by atoms with van der Waals surface area (Å²) in [6.45, 7) is 4.76. The molecule has 0 bridgehead atoms. The number of halogens is 2. The summed E-state index contributed by atoms with van der Waals surface area (Å²) in [7, 11) is 3.63. The molecular formula is C18H26ClFN2O3. The minimum atomic E-state index is -0.609. The molecular weight excluding hydrogens is 347 g/mol. The fourth-order valence-electron chi connectivity index (χ4n) is 3.27. The Kier molecular flexibility index (Phi) is 7.19. The molecule has 1 amide bonds. The molecule has 0 unspecified atom stereocenters. The van der Waals surface area contributed by atoms with E-state index in [1.54, 1.807) is 25.0 Å². The second-order valence-corrected chi connectivity index (χ2v) is 7.10. The number of methoxy groups -OCH3 is 1. The van der Waals surface area contributed by atoms with Gasteiger partial charge in [0.25, 0.3) is 5.91 Å². The zero-order valence-corrected chi connectivity index (χ0v) is 15.7. The summed E-state index contributed by atoms with van der Waals surface area (Å²) in [5.41, 5.74) is 0.590. The van der Waals surface area contributed by atoms with E-state index < -0.39 is 11.7 Å². The van der Waals surface area contributed by atoms with Gasteiger partial charge in [0.2, 0.25) is 0 Å². The number of likely N-dealkylation sites (N-methyl/N-ethyl adjacent to an activating group) is 1. The molecule has 1 heterocycles. The number of amides is 1. The van der Waals surface area contributed by atoms with Crippen molar-refractivity contribution in [3.63, 3.8) is 0 Å². The molecule has 5 nitrogen and oxygen atoms in total. The number of hydrogen-bond donors (Lipinski definition) is 1. The number of aliphatic hydroxyl groups is 1. The van der Waals surface area contributed by atoms with Crippen molar-refractivity contribution in [1.29, 1.82) is 0 Å². The van der Waals surface area contributed by atoms with Crippen LogP contribution in [0.25, 0.3) is 0 Å². The SMILES string of the molecule is COCCN(C)C[C@@H]1CN(C(=O)c2c(F)ccc(C)c2Cl)C[C@@H]1CO. The molecule has 1 aliphatic rings. The van der Waals surface area contributed by atoms with Gasteiger partial charge in [-0.3, -0.25) is 4.79 Å². The number of hydrogen-bond acceptors (Lipinski definition) is 4. The van der Waals surface area contributed by atoms with Crippen molar-refractivity contribution in [2.24, 2.45) is 11.8 Å². The predicted octanol–water partition coefficient (Wildman–Crippen LogP) is 2.05. The third-order valence-corrected chi connectivity index (χ3v) is 5.31. The monoisotopic (exact) mass is 372 g/mol. The fraction of sp³-hybridized carbons (Fsp3) is 0.611. The minimum Gasteiger partial charge on any atom is -0.396 e. The zero-order valence-electron chi connectivity index (χ0n) is 15.0. The van der Waals surface area contributed by atoms with Crippen LogP contribution in [0, 0.1) is 24.6 Å². The van der Waals surface area contributed by atoms with Crippen LogP contribution in [0.2, 0.25) is 5.02 Å². The molecule has 1 N–H and O–H groups in total. The number of carbonyl (C=O) groups is 1. The lowest BCUT2D eigenvalue weighted by atomic mass is 9.96. The Labute approximate surface area is 153 Å². The van der Waals surface area contributed by atoms with Crippen LogP contribution >= 0.6 is 11.6 Å². The third-order valence-electron chi connectivity index (χ3n) is 4.82. The summed E-state index contributed by atoms with van der Waals surface area (Å²) >= 11 is 6.16. The molecule has 25 heavy (non-hydrogen) atoms. The average Bonchev–Trinajstić information content (AvgIpc) is 2.99. The highest BCUT2D eigenvalue weighted by atomic mass is 35.5. The number of carbonyl (C=O) groups excluding carboxylic acids is 1. The largest absolute Gasteiger partial charge is 0.396 e. The molecule has 1 aromatic rings.